The summed E-state index contributed by atoms with van der Waals surface area (Å²) >= 11 is 0. The number of nitrogens with one attached hydrogen (secondary N) is 1. The minimum atomic E-state index is -4.07. The van der Waals surface area contributed by atoms with Crippen molar-refractivity contribution in [2.24, 2.45) is 5.10 Å². The van der Waals surface area contributed by atoms with Crippen molar-refractivity contribution >= 4 is 27.8 Å². The van der Waals surface area contributed by atoms with Crippen LogP contribution in [0.15, 0.2) is 107 Å². The third-order valence-corrected chi connectivity index (χ3v) is 7.78. The van der Waals surface area contributed by atoms with Gasteiger partial charge in [-0.1, -0.05) is 42.5 Å². The van der Waals surface area contributed by atoms with Crippen molar-refractivity contribution in [2.45, 2.75) is 11.4 Å². The summed E-state index contributed by atoms with van der Waals surface area (Å²) < 4.78 is 44.9. The fourth-order valence-corrected chi connectivity index (χ4v) is 5.50. The quantitative estimate of drug-likeness (QED) is 0.245. The highest BCUT2D eigenvalue weighted by Crippen LogP contribution is 2.32. The van der Waals surface area contributed by atoms with Gasteiger partial charge >= 0.3 is 0 Å². The normalized spacial score (nSPS) is 12.3. The van der Waals surface area contributed by atoms with Gasteiger partial charge in [0.05, 0.1) is 36.0 Å². The largest absolute Gasteiger partial charge is 0.497 e. The van der Waals surface area contributed by atoms with Crippen molar-refractivity contribution in [3.05, 3.63) is 114 Å². The number of para-hydroxylation sites is 1. The fraction of sp³-hybridized carbons (Fsp3) is 0.103. The van der Waals surface area contributed by atoms with Crippen molar-refractivity contribution < 1.29 is 27.4 Å². The van der Waals surface area contributed by atoms with E-state index in [4.69, 9.17) is 14.2 Å². The minimum absolute atomic E-state index is 0.0138. The zero-order chi connectivity index (χ0) is 27.2. The Morgan fingerprint density at radius 3 is 2.44 bits per heavy atom. The molecule has 5 rings (SSSR count). The summed E-state index contributed by atoms with van der Waals surface area (Å²) in [5, 5.41) is 4.06. The van der Waals surface area contributed by atoms with Gasteiger partial charge in [0.1, 0.15) is 5.75 Å². The topological polar surface area (TPSA) is 107 Å². The molecule has 0 bridgehead atoms. The number of hydrogen-bond acceptors (Lipinski definition) is 7. The smallest absolute Gasteiger partial charge is 0.273 e. The van der Waals surface area contributed by atoms with E-state index in [1.165, 1.54) is 29.8 Å². The molecule has 10 heteroatoms. The molecule has 0 atom stereocenters. The van der Waals surface area contributed by atoms with Crippen molar-refractivity contribution in [3.63, 3.8) is 0 Å². The molecule has 1 N–H and O–H groups in total. The monoisotopic (exact) mass is 543 g/mol. The second kappa shape index (κ2) is 11.3. The Labute approximate surface area is 226 Å². The van der Waals surface area contributed by atoms with E-state index in [1.807, 2.05) is 30.3 Å². The summed E-state index contributed by atoms with van der Waals surface area (Å²) in [7, 11) is -2.56. The maximum atomic E-state index is 13.9. The average molecular weight is 544 g/mol. The van der Waals surface area contributed by atoms with Gasteiger partial charge in [-0.3, -0.25) is 9.10 Å². The van der Waals surface area contributed by atoms with Gasteiger partial charge in [-0.15, -0.1) is 0 Å². The molecule has 0 saturated carbocycles. The Morgan fingerprint density at radius 2 is 1.67 bits per heavy atom. The molecule has 0 radical (unpaired) electrons. The van der Waals surface area contributed by atoms with Crippen molar-refractivity contribution in [2.75, 3.05) is 18.2 Å². The van der Waals surface area contributed by atoms with Gasteiger partial charge in [0.25, 0.3) is 15.9 Å². The third-order valence-electron chi connectivity index (χ3n) is 6.01. The Balaban J connectivity index is 1.46. The molecule has 0 unspecified atom stereocenters. The van der Waals surface area contributed by atoms with E-state index in [-0.39, 0.29) is 29.5 Å². The number of amides is 1. The van der Waals surface area contributed by atoms with Gasteiger partial charge in [-0.05, 0) is 65.7 Å². The first-order valence-corrected chi connectivity index (χ1v) is 13.4. The number of methoxy groups -OCH3 is 1. The first-order chi connectivity index (χ1) is 19.0. The number of sulfonamides is 1. The molecular formula is C29H25N3O6S. The van der Waals surface area contributed by atoms with Gasteiger partial charge in [-0.2, -0.15) is 5.10 Å². The SMILES string of the molecule is COc1ccc(S(=O)(=O)N(Cc2ccccc2)c2ccccc2C(=O)NN=Cc2ccc3c(c2)OCO3)cc1. The molecule has 0 saturated heterocycles. The zero-order valence-corrected chi connectivity index (χ0v) is 21.8. The Morgan fingerprint density at radius 1 is 0.949 bits per heavy atom. The molecule has 0 aromatic heterocycles. The molecule has 1 aliphatic heterocycles. The second-order valence-electron chi connectivity index (χ2n) is 8.50. The predicted octanol–water partition coefficient (Wildman–Crippen LogP) is 4.58. The number of anilines is 1. The van der Waals surface area contributed by atoms with E-state index in [1.54, 1.807) is 54.6 Å². The third kappa shape index (κ3) is 5.70. The van der Waals surface area contributed by atoms with Gasteiger partial charge in [0.15, 0.2) is 11.5 Å². The predicted molar refractivity (Wildman–Crippen MR) is 147 cm³/mol. The Hall–Kier alpha value is -4.83. The lowest BCUT2D eigenvalue weighted by molar-refractivity contribution is 0.0955. The van der Waals surface area contributed by atoms with E-state index in [2.05, 4.69) is 10.5 Å². The van der Waals surface area contributed by atoms with E-state index >= 15 is 0 Å². The van der Waals surface area contributed by atoms with Gasteiger partial charge < -0.3 is 14.2 Å². The summed E-state index contributed by atoms with van der Waals surface area (Å²) in [4.78, 5) is 13.3. The van der Waals surface area contributed by atoms with Crippen LogP contribution in [0.4, 0.5) is 5.69 Å². The lowest BCUT2D eigenvalue weighted by Crippen LogP contribution is -2.33. The molecule has 1 heterocycles. The number of ether oxygens (including phenoxy) is 3. The molecule has 4 aromatic rings. The standard InChI is InChI=1S/C29H25N3O6S/c1-36-23-12-14-24(15-13-23)39(34,35)32(19-21-7-3-2-4-8-21)26-10-6-5-9-25(26)29(33)31-30-18-22-11-16-27-28(17-22)38-20-37-27/h2-18H,19-20H2,1H3,(H,31,33). The highest BCUT2D eigenvalue weighted by atomic mass is 32.2. The lowest BCUT2D eigenvalue weighted by Gasteiger charge is -2.26. The van der Waals surface area contributed by atoms with Crippen LogP contribution in [-0.4, -0.2) is 34.4 Å². The van der Waals surface area contributed by atoms with Crippen LogP contribution in [0.2, 0.25) is 0 Å². The fourth-order valence-electron chi connectivity index (χ4n) is 4.03. The average Bonchev–Trinajstić information content (AvgIpc) is 3.44. The number of benzene rings is 4. The highest BCUT2D eigenvalue weighted by Gasteiger charge is 2.28. The number of fused-ring (bicyclic) bond motifs is 1. The van der Waals surface area contributed by atoms with E-state index in [9.17, 15) is 13.2 Å². The van der Waals surface area contributed by atoms with Crippen LogP contribution < -0.4 is 23.9 Å². The van der Waals surface area contributed by atoms with Crippen LogP contribution in [0.5, 0.6) is 17.2 Å². The number of carbonyl (C=O) groups is 1. The van der Waals surface area contributed by atoms with E-state index in [0.29, 0.717) is 22.8 Å². The number of rotatable bonds is 9. The summed E-state index contributed by atoms with van der Waals surface area (Å²) in [5.41, 5.74) is 4.31. The lowest BCUT2D eigenvalue weighted by atomic mass is 10.1. The van der Waals surface area contributed by atoms with Crippen molar-refractivity contribution in [1.82, 2.24) is 5.43 Å². The van der Waals surface area contributed by atoms with Gasteiger partial charge in [-0.25, -0.2) is 13.8 Å². The van der Waals surface area contributed by atoms with Crippen LogP contribution in [0, 0.1) is 0 Å². The molecule has 39 heavy (non-hydrogen) atoms. The molecule has 4 aromatic carbocycles. The molecule has 0 fully saturated rings. The molecule has 9 nitrogen and oxygen atoms in total. The molecule has 1 aliphatic rings. The highest BCUT2D eigenvalue weighted by molar-refractivity contribution is 7.92. The van der Waals surface area contributed by atoms with Gasteiger partial charge in [0, 0.05) is 0 Å². The number of nitrogens with zero attached hydrogens (tertiary/aromatic N) is 2. The number of carbonyl (C=O) groups excluding carboxylic acids is 1. The summed E-state index contributed by atoms with van der Waals surface area (Å²) in [6.45, 7) is 0.169. The summed E-state index contributed by atoms with van der Waals surface area (Å²) in [6, 6.07) is 27.1. The Bertz CT molecular complexity index is 1610. The van der Waals surface area contributed by atoms with E-state index < -0.39 is 15.9 Å². The van der Waals surface area contributed by atoms with E-state index in [0.717, 1.165) is 5.56 Å². The molecular weight excluding hydrogens is 518 g/mol. The van der Waals surface area contributed by atoms with Crippen molar-refractivity contribution in [3.8, 4) is 17.2 Å². The van der Waals surface area contributed by atoms with Crippen LogP contribution in [0.25, 0.3) is 0 Å². The zero-order valence-electron chi connectivity index (χ0n) is 21.0. The van der Waals surface area contributed by atoms with Gasteiger partial charge in [0.2, 0.25) is 6.79 Å². The first-order valence-electron chi connectivity index (χ1n) is 12.0. The van der Waals surface area contributed by atoms with Crippen LogP contribution in [-0.2, 0) is 16.6 Å². The summed E-state index contributed by atoms with van der Waals surface area (Å²) in [6.07, 6.45) is 1.47. The molecule has 198 valence electrons. The van der Waals surface area contributed by atoms with Crippen LogP contribution in [0.3, 0.4) is 0 Å². The molecule has 0 spiro atoms. The maximum Gasteiger partial charge on any atom is 0.273 e. The number of hydrazone groups is 1. The maximum absolute atomic E-state index is 13.9. The summed E-state index contributed by atoms with van der Waals surface area (Å²) in [5.74, 6) is 1.20. The van der Waals surface area contributed by atoms with Crippen LogP contribution >= 0.6 is 0 Å². The Kier molecular flexibility index (Phi) is 7.46. The molecule has 1 amide bonds. The first kappa shape index (κ1) is 25.8. The number of hydrogen-bond donors (Lipinski definition) is 1. The van der Waals surface area contributed by atoms with Crippen molar-refractivity contribution in [1.29, 1.82) is 0 Å². The molecule has 0 aliphatic carbocycles. The van der Waals surface area contributed by atoms with Crippen LogP contribution in [0.1, 0.15) is 21.5 Å². The second-order valence-corrected chi connectivity index (χ2v) is 10.4. The minimum Gasteiger partial charge on any atom is -0.497 e.